The summed E-state index contributed by atoms with van der Waals surface area (Å²) in [5.41, 5.74) is 0.479. The zero-order valence-electron chi connectivity index (χ0n) is 7.56. The maximum Gasteiger partial charge on any atom is 0.0227 e. The van der Waals surface area contributed by atoms with Gasteiger partial charge in [0.2, 0.25) is 0 Å². The lowest BCUT2D eigenvalue weighted by Gasteiger charge is -2.39. The number of nitrogens with one attached hydrogen (secondary N) is 1. The fourth-order valence-corrected chi connectivity index (χ4v) is 2.48. The third kappa shape index (κ3) is 1.18. The summed E-state index contributed by atoms with van der Waals surface area (Å²) in [5.74, 6) is 0. The highest BCUT2D eigenvalue weighted by Gasteiger charge is 2.39. The Balaban J connectivity index is 2.10. The molecular formula is C9H18N2. The van der Waals surface area contributed by atoms with Gasteiger partial charge in [0.05, 0.1) is 0 Å². The van der Waals surface area contributed by atoms with Crippen LogP contribution < -0.4 is 5.32 Å². The molecule has 2 heteroatoms. The molecule has 2 nitrogen and oxygen atoms in total. The van der Waals surface area contributed by atoms with Crippen molar-refractivity contribution in [3.63, 3.8) is 0 Å². The summed E-state index contributed by atoms with van der Waals surface area (Å²) in [6, 6.07) is 0.832. The molecule has 2 saturated heterocycles. The fraction of sp³-hybridized carbons (Fsp3) is 1.00. The molecule has 0 aromatic carbocycles. The van der Waals surface area contributed by atoms with Gasteiger partial charge in [-0.1, -0.05) is 0 Å². The van der Waals surface area contributed by atoms with Crippen LogP contribution in [-0.4, -0.2) is 36.1 Å². The van der Waals surface area contributed by atoms with Crippen LogP contribution in [0.2, 0.25) is 0 Å². The Hall–Kier alpha value is -0.0800. The van der Waals surface area contributed by atoms with Crippen molar-refractivity contribution in [1.29, 1.82) is 0 Å². The van der Waals surface area contributed by atoms with E-state index >= 15 is 0 Å². The van der Waals surface area contributed by atoms with Crippen LogP contribution in [-0.2, 0) is 0 Å². The van der Waals surface area contributed by atoms with E-state index in [4.69, 9.17) is 0 Å². The number of hydrogen-bond acceptors (Lipinski definition) is 2. The van der Waals surface area contributed by atoms with Crippen molar-refractivity contribution in [2.75, 3.05) is 19.6 Å². The van der Waals surface area contributed by atoms with Crippen molar-refractivity contribution in [1.82, 2.24) is 10.2 Å². The first-order valence-electron chi connectivity index (χ1n) is 4.68. The molecule has 0 spiro atoms. The molecule has 0 aliphatic carbocycles. The van der Waals surface area contributed by atoms with Gasteiger partial charge in [0.1, 0.15) is 0 Å². The van der Waals surface area contributed by atoms with Crippen LogP contribution in [0, 0.1) is 0 Å². The Bertz CT molecular complexity index is 154. The molecule has 0 saturated carbocycles. The van der Waals surface area contributed by atoms with Gasteiger partial charge >= 0.3 is 0 Å². The van der Waals surface area contributed by atoms with Gasteiger partial charge in [-0.2, -0.15) is 0 Å². The predicted molar refractivity (Wildman–Crippen MR) is 46.7 cm³/mol. The number of fused-ring (bicyclic) bond motifs is 1. The highest BCUT2D eigenvalue weighted by atomic mass is 15.3. The average molecular weight is 154 g/mol. The van der Waals surface area contributed by atoms with Gasteiger partial charge in [0, 0.05) is 31.2 Å². The molecule has 11 heavy (non-hydrogen) atoms. The van der Waals surface area contributed by atoms with Crippen LogP contribution in [0.15, 0.2) is 0 Å². The predicted octanol–water partition coefficient (Wildman–Crippen LogP) is 0.833. The molecule has 0 amide bonds. The summed E-state index contributed by atoms with van der Waals surface area (Å²) in [4.78, 5) is 2.67. The smallest absolute Gasteiger partial charge is 0.0227 e. The summed E-state index contributed by atoms with van der Waals surface area (Å²) < 4.78 is 0. The van der Waals surface area contributed by atoms with E-state index in [2.05, 4.69) is 24.1 Å². The Morgan fingerprint density at radius 3 is 3.00 bits per heavy atom. The zero-order valence-corrected chi connectivity index (χ0v) is 7.56. The van der Waals surface area contributed by atoms with Crippen LogP contribution in [0.25, 0.3) is 0 Å². The van der Waals surface area contributed by atoms with E-state index in [0.29, 0.717) is 5.54 Å². The first-order chi connectivity index (χ1) is 5.20. The molecule has 1 atom stereocenters. The lowest BCUT2D eigenvalue weighted by molar-refractivity contribution is 0.107. The van der Waals surface area contributed by atoms with Crippen molar-refractivity contribution >= 4 is 0 Å². The van der Waals surface area contributed by atoms with Gasteiger partial charge in [-0.15, -0.1) is 0 Å². The van der Waals surface area contributed by atoms with Crippen LogP contribution in [0.4, 0.5) is 0 Å². The molecule has 64 valence electrons. The SMILES string of the molecule is CC1(C)CCC2CNCCN21. The van der Waals surface area contributed by atoms with Crippen molar-refractivity contribution in [2.45, 2.75) is 38.3 Å². The van der Waals surface area contributed by atoms with Crippen LogP contribution in [0.1, 0.15) is 26.7 Å². The second kappa shape index (κ2) is 2.46. The molecule has 0 radical (unpaired) electrons. The molecule has 2 aliphatic rings. The lowest BCUT2D eigenvalue weighted by atomic mass is 10.0. The summed E-state index contributed by atoms with van der Waals surface area (Å²) in [6.45, 7) is 8.39. The summed E-state index contributed by atoms with van der Waals surface area (Å²) >= 11 is 0. The Kier molecular flexibility index (Phi) is 1.69. The summed E-state index contributed by atoms with van der Waals surface area (Å²) in [5, 5.41) is 3.45. The third-order valence-corrected chi connectivity index (χ3v) is 3.22. The van der Waals surface area contributed by atoms with Crippen molar-refractivity contribution in [3.8, 4) is 0 Å². The highest BCUT2D eigenvalue weighted by molar-refractivity contribution is 4.97. The maximum absolute atomic E-state index is 3.45. The molecule has 2 rings (SSSR count). The molecule has 1 unspecified atom stereocenters. The number of nitrogens with zero attached hydrogens (tertiary/aromatic N) is 1. The number of rotatable bonds is 0. The van der Waals surface area contributed by atoms with E-state index in [-0.39, 0.29) is 0 Å². The molecule has 1 N–H and O–H groups in total. The molecule has 2 fully saturated rings. The van der Waals surface area contributed by atoms with E-state index in [1.165, 1.54) is 32.5 Å². The standard InChI is InChI=1S/C9H18N2/c1-9(2)4-3-8-7-10-5-6-11(8)9/h8,10H,3-7H2,1-2H3. The first kappa shape index (κ1) is 7.56. The fourth-order valence-electron chi connectivity index (χ4n) is 2.48. The second-order valence-electron chi connectivity index (χ2n) is 4.40. The van der Waals surface area contributed by atoms with Crippen molar-refractivity contribution in [3.05, 3.63) is 0 Å². The Morgan fingerprint density at radius 2 is 2.27 bits per heavy atom. The van der Waals surface area contributed by atoms with Gasteiger partial charge in [0.15, 0.2) is 0 Å². The Morgan fingerprint density at radius 1 is 1.45 bits per heavy atom. The van der Waals surface area contributed by atoms with Crippen LogP contribution >= 0.6 is 0 Å². The molecular weight excluding hydrogens is 136 g/mol. The topological polar surface area (TPSA) is 15.3 Å². The van der Waals surface area contributed by atoms with Crippen LogP contribution in [0.3, 0.4) is 0 Å². The van der Waals surface area contributed by atoms with Gasteiger partial charge in [-0.05, 0) is 26.7 Å². The molecule has 2 aliphatic heterocycles. The second-order valence-corrected chi connectivity index (χ2v) is 4.40. The molecule has 0 bridgehead atoms. The minimum absolute atomic E-state index is 0.479. The summed E-state index contributed by atoms with van der Waals surface area (Å²) in [7, 11) is 0. The normalized spacial score (nSPS) is 37.1. The van der Waals surface area contributed by atoms with E-state index in [0.717, 1.165) is 6.04 Å². The van der Waals surface area contributed by atoms with Gasteiger partial charge in [-0.3, -0.25) is 4.90 Å². The van der Waals surface area contributed by atoms with Gasteiger partial charge in [0.25, 0.3) is 0 Å². The van der Waals surface area contributed by atoms with Crippen molar-refractivity contribution in [2.24, 2.45) is 0 Å². The van der Waals surface area contributed by atoms with Crippen molar-refractivity contribution < 1.29 is 0 Å². The van der Waals surface area contributed by atoms with Crippen LogP contribution in [0.5, 0.6) is 0 Å². The minimum atomic E-state index is 0.479. The van der Waals surface area contributed by atoms with Gasteiger partial charge < -0.3 is 5.32 Å². The zero-order chi connectivity index (χ0) is 7.90. The van der Waals surface area contributed by atoms with E-state index in [9.17, 15) is 0 Å². The van der Waals surface area contributed by atoms with E-state index < -0.39 is 0 Å². The molecule has 0 aromatic rings. The van der Waals surface area contributed by atoms with Gasteiger partial charge in [-0.25, -0.2) is 0 Å². The van der Waals surface area contributed by atoms with E-state index in [1.54, 1.807) is 0 Å². The largest absolute Gasteiger partial charge is 0.314 e. The molecule has 2 heterocycles. The maximum atomic E-state index is 3.45. The number of piperazine rings is 1. The number of hydrogen-bond donors (Lipinski definition) is 1. The quantitative estimate of drug-likeness (QED) is 0.556. The monoisotopic (exact) mass is 154 g/mol. The third-order valence-electron chi connectivity index (χ3n) is 3.22. The highest BCUT2D eigenvalue weighted by Crippen LogP contribution is 2.33. The lowest BCUT2D eigenvalue weighted by Crippen LogP contribution is -2.53. The average Bonchev–Trinajstić information content (AvgIpc) is 2.29. The summed E-state index contributed by atoms with van der Waals surface area (Å²) in [6.07, 6.45) is 2.76. The molecule has 0 aromatic heterocycles. The van der Waals surface area contributed by atoms with E-state index in [1.807, 2.05) is 0 Å². The Labute approximate surface area is 69.0 Å². The minimum Gasteiger partial charge on any atom is -0.314 e. The first-order valence-corrected chi connectivity index (χ1v) is 4.68.